The number of hydrogen-bond acceptors (Lipinski definition) is 3. The standard InChI is InChI=1S/C17H24N2O2/c1-2-21-17(20)19-10-6-9-15-12-18(13-16(15)19)11-14-7-4-3-5-8-14/h3-5,7-8,15-16H,2,6,9-13H2,1H3/t15?,16-/m0/s1. The maximum Gasteiger partial charge on any atom is 0.410 e. The summed E-state index contributed by atoms with van der Waals surface area (Å²) in [5.74, 6) is 0.604. The zero-order valence-corrected chi connectivity index (χ0v) is 12.7. The smallest absolute Gasteiger partial charge is 0.410 e. The maximum absolute atomic E-state index is 12.1. The molecule has 2 saturated heterocycles. The average Bonchev–Trinajstić information content (AvgIpc) is 2.90. The largest absolute Gasteiger partial charge is 0.450 e. The Hall–Kier alpha value is -1.55. The van der Waals surface area contributed by atoms with E-state index in [4.69, 9.17) is 4.74 Å². The Morgan fingerprint density at radius 2 is 2.10 bits per heavy atom. The van der Waals surface area contributed by atoms with Crippen molar-refractivity contribution in [3.05, 3.63) is 35.9 Å². The molecule has 1 aromatic carbocycles. The summed E-state index contributed by atoms with van der Waals surface area (Å²) >= 11 is 0. The van der Waals surface area contributed by atoms with Gasteiger partial charge in [0.05, 0.1) is 12.6 Å². The molecule has 0 spiro atoms. The van der Waals surface area contributed by atoms with E-state index in [9.17, 15) is 4.79 Å². The highest BCUT2D eigenvalue weighted by Gasteiger charge is 2.41. The topological polar surface area (TPSA) is 32.8 Å². The lowest BCUT2D eigenvalue weighted by Gasteiger charge is -2.36. The zero-order valence-electron chi connectivity index (χ0n) is 12.7. The predicted molar refractivity (Wildman–Crippen MR) is 82.0 cm³/mol. The number of hydrogen-bond donors (Lipinski definition) is 0. The summed E-state index contributed by atoms with van der Waals surface area (Å²) in [6, 6.07) is 10.9. The molecule has 1 aromatic rings. The summed E-state index contributed by atoms with van der Waals surface area (Å²) in [5, 5.41) is 0. The van der Waals surface area contributed by atoms with E-state index in [1.165, 1.54) is 12.0 Å². The third-order valence-corrected chi connectivity index (χ3v) is 4.61. The van der Waals surface area contributed by atoms with Crippen LogP contribution < -0.4 is 0 Å². The van der Waals surface area contributed by atoms with Crippen molar-refractivity contribution in [3.63, 3.8) is 0 Å². The first-order valence-corrected chi connectivity index (χ1v) is 7.97. The number of carbonyl (C=O) groups excluding carboxylic acids is 1. The van der Waals surface area contributed by atoms with Crippen LogP contribution in [0.2, 0.25) is 0 Å². The molecule has 1 unspecified atom stereocenters. The fourth-order valence-electron chi connectivity index (χ4n) is 3.67. The van der Waals surface area contributed by atoms with Crippen LogP contribution in [0.1, 0.15) is 25.3 Å². The molecular weight excluding hydrogens is 264 g/mol. The van der Waals surface area contributed by atoms with Crippen LogP contribution in [0.25, 0.3) is 0 Å². The summed E-state index contributed by atoms with van der Waals surface area (Å²) in [4.78, 5) is 16.5. The molecule has 0 aromatic heterocycles. The van der Waals surface area contributed by atoms with Crippen LogP contribution >= 0.6 is 0 Å². The van der Waals surface area contributed by atoms with Crippen LogP contribution in [0.3, 0.4) is 0 Å². The summed E-state index contributed by atoms with van der Waals surface area (Å²) in [6.45, 7) is 6.22. The Kier molecular flexibility index (Phi) is 4.44. The third-order valence-electron chi connectivity index (χ3n) is 4.61. The minimum absolute atomic E-state index is 0.131. The molecule has 2 heterocycles. The number of likely N-dealkylation sites (tertiary alicyclic amines) is 2. The molecule has 0 bridgehead atoms. The van der Waals surface area contributed by atoms with Crippen LogP contribution in [0.5, 0.6) is 0 Å². The van der Waals surface area contributed by atoms with Gasteiger partial charge in [-0.15, -0.1) is 0 Å². The van der Waals surface area contributed by atoms with Crippen molar-refractivity contribution in [2.75, 3.05) is 26.2 Å². The molecule has 0 radical (unpaired) electrons. The van der Waals surface area contributed by atoms with Gasteiger partial charge in [-0.25, -0.2) is 4.79 Å². The van der Waals surface area contributed by atoms with Crippen molar-refractivity contribution < 1.29 is 9.53 Å². The normalized spacial score (nSPS) is 25.7. The lowest BCUT2D eigenvalue weighted by Crippen LogP contribution is -2.48. The molecule has 3 rings (SSSR count). The van der Waals surface area contributed by atoms with Crippen LogP contribution in [0, 0.1) is 5.92 Å². The van der Waals surface area contributed by atoms with Crippen LogP contribution in [0.4, 0.5) is 4.79 Å². The highest BCUT2D eigenvalue weighted by molar-refractivity contribution is 5.68. The molecule has 0 saturated carbocycles. The molecule has 2 atom stereocenters. The molecule has 1 amide bonds. The van der Waals surface area contributed by atoms with Gasteiger partial charge in [0.2, 0.25) is 0 Å². The highest BCUT2D eigenvalue weighted by Crippen LogP contribution is 2.31. The van der Waals surface area contributed by atoms with E-state index in [1.807, 2.05) is 11.8 Å². The first kappa shape index (κ1) is 14.4. The van der Waals surface area contributed by atoms with Gasteiger partial charge in [0.1, 0.15) is 0 Å². The summed E-state index contributed by atoms with van der Waals surface area (Å²) in [5.41, 5.74) is 1.35. The molecule has 4 heteroatoms. The fourth-order valence-corrected chi connectivity index (χ4v) is 3.67. The lowest BCUT2D eigenvalue weighted by atomic mass is 9.92. The Morgan fingerprint density at radius 1 is 1.29 bits per heavy atom. The van der Waals surface area contributed by atoms with Crippen molar-refractivity contribution in [2.45, 2.75) is 32.4 Å². The van der Waals surface area contributed by atoms with E-state index in [-0.39, 0.29) is 6.09 Å². The zero-order chi connectivity index (χ0) is 14.7. The monoisotopic (exact) mass is 288 g/mol. The van der Waals surface area contributed by atoms with Gasteiger partial charge in [0.15, 0.2) is 0 Å². The average molecular weight is 288 g/mol. The summed E-state index contributed by atoms with van der Waals surface area (Å²) < 4.78 is 5.21. The van der Waals surface area contributed by atoms with Gasteiger partial charge in [-0.3, -0.25) is 4.90 Å². The maximum atomic E-state index is 12.1. The van der Waals surface area contributed by atoms with Gasteiger partial charge in [-0.2, -0.15) is 0 Å². The van der Waals surface area contributed by atoms with E-state index >= 15 is 0 Å². The van der Waals surface area contributed by atoms with Crippen molar-refractivity contribution in [1.29, 1.82) is 0 Å². The molecule has 4 nitrogen and oxygen atoms in total. The molecule has 21 heavy (non-hydrogen) atoms. The minimum atomic E-state index is -0.131. The van der Waals surface area contributed by atoms with E-state index in [1.54, 1.807) is 0 Å². The molecule has 2 aliphatic heterocycles. The van der Waals surface area contributed by atoms with Crippen molar-refractivity contribution in [2.24, 2.45) is 5.92 Å². The fraction of sp³-hybridized carbons (Fsp3) is 0.588. The molecule has 2 fully saturated rings. The van der Waals surface area contributed by atoms with Crippen LogP contribution in [-0.4, -0.2) is 48.2 Å². The van der Waals surface area contributed by atoms with Crippen LogP contribution in [-0.2, 0) is 11.3 Å². The third kappa shape index (κ3) is 3.21. The van der Waals surface area contributed by atoms with Gasteiger partial charge in [0, 0.05) is 26.2 Å². The second-order valence-electron chi connectivity index (χ2n) is 6.04. The number of benzene rings is 1. The Bertz CT molecular complexity index is 477. The van der Waals surface area contributed by atoms with Crippen molar-refractivity contribution in [3.8, 4) is 0 Å². The number of ether oxygens (including phenoxy) is 1. The summed E-state index contributed by atoms with van der Waals surface area (Å²) in [7, 11) is 0. The van der Waals surface area contributed by atoms with E-state index in [0.29, 0.717) is 18.6 Å². The summed E-state index contributed by atoms with van der Waals surface area (Å²) in [6.07, 6.45) is 2.19. The first-order valence-electron chi connectivity index (χ1n) is 7.97. The van der Waals surface area contributed by atoms with Crippen molar-refractivity contribution >= 4 is 6.09 Å². The van der Waals surface area contributed by atoms with E-state index < -0.39 is 0 Å². The van der Waals surface area contributed by atoms with E-state index in [0.717, 1.165) is 32.6 Å². The van der Waals surface area contributed by atoms with Gasteiger partial charge in [-0.05, 0) is 31.2 Å². The molecule has 0 aliphatic carbocycles. The number of fused-ring (bicyclic) bond motifs is 1. The van der Waals surface area contributed by atoms with E-state index in [2.05, 4.69) is 35.2 Å². The second kappa shape index (κ2) is 6.48. The number of rotatable bonds is 3. The minimum Gasteiger partial charge on any atom is -0.450 e. The molecule has 2 aliphatic rings. The number of nitrogens with zero attached hydrogens (tertiary/aromatic N) is 2. The Morgan fingerprint density at radius 3 is 2.86 bits per heavy atom. The molecular formula is C17H24N2O2. The quantitative estimate of drug-likeness (QED) is 0.857. The first-order chi connectivity index (χ1) is 10.3. The Labute approximate surface area is 126 Å². The number of carbonyl (C=O) groups is 1. The van der Waals surface area contributed by atoms with Gasteiger partial charge < -0.3 is 9.64 Å². The number of piperidine rings is 1. The van der Waals surface area contributed by atoms with Crippen molar-refractivity contribution in [1.82, 2.24) is 9.80 Å². The number of amides is 1. The predicted octanol–water partition coefficient (Wildman–Crippen LogP) is 2.74. The van der Waals surface area contributed by atoms with Gasteiger partial charge >= 0.3 is 6.09 Å². The van der Waals surface area contributed by atoms with Gasteiger partial charge in [0.25, 0.3) is 0 Å². The second-order valence-corrected chi connectivity index (χ2v) is 6.04. The highest BCUT2D eigenvalue weighted by atomic mass is 16.6. The van der Waals surface area contributed by atoms with Crippen LogP contribution in [0.15, 0.2) is 30.3 Å². The molecule has 0 N–H and O–H groups in total. The molecule has 114 valence electrons. The van der Waals surface area contributed by atoms with Gasteiger partial charge in [-0.1, -0.05) is 30.3 Å². The SMILES string of the molecule is CCOC(=O)N1CCCC2CN(Cc3ccccc3)C[C@@H]21. The Balaban J connectivity index is 1.64. The lowest BCUT2D eigenvalue weighted by molar-refractivity contribution is 0.0686.